The molecule has 0 aliphatic carbocycles. The van der Waals surface area contributed by atoms with E-state index in [1.807, 2.05) is 6.92 Å². The Bertz CT molecular complexity index is 464. The fourth-order valence-corrected chi connectivity index (χ4v) is 2.34. The van der Waals surface area contributed by atoms with Crippen LogP contribution < -0.4 is 0 Å². The Morgan fingerprint density at radius 1 is 1.56 bits per heavy atom. The topological polar surface area (TPSA) is 57.6 Å². The van der Waals surface area contributed by atoms with Crippen molar-refractivity contribution >= 4 is 23.2 Å². The van der Waals surface area contributed by atoms with Gasteiger partial charge in [0.25, 0.3) is 5.91 Å². The largest absolute Gasteiger partial charge is 0.479 e. The molecular weight excluding hydrogens is 226 g/mol. The molecule has 2 heterocycles. The molecule has 0 fully saturated rings. The number of carbonyl (C=O) groups is 2. The van der Waals surface area contributed by atoms with E-state index in [9.17, 15) is 9.59 Å². The van der Waals surface area contributed by atoms with Gasteiger partial charge in [0.1, 0.15) is 6.04 Å². The molecule has 16 heavy (non-hydrogen) atoms. The Kier molecular flexibility index (Phi) is 2.78. The molecule has 1 amide bonds. The van der Waals surface area contributed by atoms with E-state index in [1.165, 1.54) is 16.2 Å². The van der Waals surface area contributed by atoms with Crippen LogP contribution in [0.3, 0.4) is 0 Å². The van der Waals surface area contributed by atoms with Gasteiger partial charge in [0.05, 0.1) is 5.56 Å². The number of carboxylic acid groups (broad SMARTS) is 1. The molecular formula is C11H11NO3S. The van der Waals surface area contributed by atoms with Crippen LogP contribution in [0.2, 0.25) is 0 Å². The maximum atomic E-state index is 12.0. The minimum Gasteiger partial charge on any atom is -0.479 e. The summed E-state index contributed by atoms with van der Waals surface area (Å²) in [5.74, 6) is -1.21. The van der Waals surface area contributed by atoms with Gasteiger partial charge in [0, 0.05) is 16.8 Å². The number of nitrogens with zero attached hydrogens (tertiary/aromatic N) is 1. The Labute approximate surface area is 96.8 Å². The van der Waals surface area contributed by atoms with Gasteiger partial charge in [-0.25, -0.2) is 4.79 Å². The Balaban J connectivity index is 2.20. The van der Waals surface area contributed by atoms with Gasteiger partial charge in [-0.1, -0.05) is 12.2 Å². The molecule has 5 heteroatoms. The first-order valence-corrected chi connectivity index (χ1v) is 5.73. The number of aryl methyl sites for hydroxylation is 1. The van der Waals surface area contributed by atoms with Crippen LogP contribution in [0.15, 0.2) is 23.6 Å². The molecule has 4 nitrogen and oxygen atoms in total. The molecule has 0 aromatic carbocycles. The summed E-state index contributed by atoms with van der Waals surface area (Å²) in [6.07, 6.45) is 3.25. The third-order valence-corrected chi connectivity index (χ3v) is 3.31. The summed E-state index contributed by atoms with van der Waals surface area (Å²) in [5.41, 5.74) is 0.567. The lowest BCUT2D eigenvalue weighted by molar-refractivity contribution is -0.140. The highest BCUT2D eigenvalue weighted by atomic mass is 32.1. The number of hydrogen-bond donors (Lipinski definition) is 1. The molecule has 0 saturated heterocycles. The van der Waals surface area contributed by atoms with Crippen LogP contribution in [-0.2, 0) is 4.79 Å². The SMILES string of the molecule is Cc1cc(C(=O)N2CC=C[C@@H]2C(=O)O)cs1. The number of aliphatic carboxylic acids is 1. The van der Waals surface area contributed by atoms with Crippen LogP contribution in [0.1, 0.15) is 15.2 Å². The molecule has 2 rings (SSSR count). The summed E-state index contributed by atoms with van der Waals surface area (Å²) in [4.78, 5) is 25.3. The van der Waals surface area contributed by atoms with Gasteiger partial charge in [-0.15, -0.1) is 11.3 Å². The third kappa shape index (κ3) is 1.86. The van der Waals surface area contributed by atoms with Crippen molar-refractivity contribution in [1.29, 1.82) is 0 Å². The maximum Gasteiger partial charge on any atom is 0.330 e. The smallest absolute Gasteiger partial charge is 0.330 e. The van der Waals surface area contributed by atoms with Gasteiger partial charge < -0.3 is 10.0 Å². The highest BCUT2D eigenvalue weighted by Gasteiger charge is 2.30. The van der Waals surface area contributed by atoms with Crippen molar-refractivity contribution in [1.82, 2.24) is 4.90 Å². The fraction of sp³-hybridized carbons (Fsp3) is 0.273. The first-order chi connectivity index (χ1) is 7.59. The van der Waals surface area contributed by atoms with E-state index in [-0.39, 0.29) is 5.91 Å². The molecule has 1 atom stereocenters. The van der Waals surface area contributed by atoms with Crippen LogP contribution in [0.5, 0.6) is 0 Å². The summed E-state index contributed by atoms with van der Waals surface area (Å²) in [7, 11) is 0. The van der Waals surface area contributed by atoms with Crippen molar-refractivity contribution in [2.45, 2.75) is 13.0 Å². The van der Waals surface area contributed by atoms with Gasteiger partial charge in [-0.3, -0.25) is 4.79 Å². The van der Waals surface area contributed by atoms with Crippen molar-refractivity contribution < 1.29 is 14.7 Å². The molecule has 0 spiro atoms. The third-order valence-electron chi connectivity index (χ3n) is 2.45. The van der Waals surface area contributed by atoms with E-state index < -0.39 is 12.0 Å². The van der Waals surface area contributed by atoms with Gasteiger partial charge in [-0.2, -0.15) is 0 Å². The van der Waals surface area contributed by atoms with Crippen LogP contribution in [0, 0.1) is 6.92 Å². The number of carbonyl (C=O) groups excluding carboxylic acids is 1. The average molecular weight is 237 g/mol. The predicted octanol–water partition coefficient (Wildman–Crippen LogP) is 1.52. The molecule has 0 radical (unpaired) electrons. The zero-order chi connectivity index (χ0) is 11.7. The van der Waals surface area contributed by atoms with Crippen LogP contribution in [0.25, 0.3) is 0 Å². The molecule has 1 aliphatic heterocycles. The normalized spacial score (nSPS) is 19.1. The molecule has 1 aromatic rings. The number of carboxylic acids is 1. The van der Waals surface area contributed by atoms with E-state index in [2.05, 4.69) is 0 Å². The maximum absolute atomic E-state index is 12.0. The van der Waals surface area contributed by atoms with Crippen LogP contribution in [-0.4, -0.2) is 34.5 Å². The summed E-state index contributed by atoms with van der Waals surface area (Å²) < 4.78 is 0. The van der Waals surface area contributed by atoms with Crippen molar-refractivity contribution in [2.75, 3.05) is 6.54 Å². The molecule has 0 saturated carbocycles. The standard InChI is InChI=1S/C11H11NO3S/c1-7-5-8(6-16-7)10(13)12-4-2-3-9(12)11(14)15/h2-3,5-6,9H,4H2,1H3,(H,14,15)/t9-/m1/s1. The monoisotopic (exact) mass is 237 g/mol. The molecule has 1 aromatic heterocycles. The second-order valence-corrected chi connectivity index (χ2v) is 4.73. The Morgan fingerprint density at radius 2 is 2.31 bits per heavy atom. The number of hydrogen-bond acceptors (Lipinski definition) is 3. The van der Waals surface area contributed by atoms with Crippen molar-refractivity contribution in [3.05, 3.63) is 34.0 Å². The van der Waals surface area contributed by atoms with E-state index in [0.717, 1.165) is 4.88 Å². The van der Waals surface area contributed by atoms with Crippen LogP contribution in [0.4, 0.5) is 0 Å². The first kappa shape index (κ1) is 10.9. The first-order valence-electron chi connectivity index (χ1n) is 4.85. The molecule has 0 unspecified atom stereocenters. The minimum atomic E-state index is -0.992. The van der Waals surface area contributed by atoms with Gasteiger partial charge in [-0.05, 0) is 13.0 Å². The van der Waals surface area contributed by atoms with Crippen molar-refractivity contribution in [3.8, 4) is 0 Å². The summed E-state index contributed by atoms with van der Waals surface area (Å²) in [6.45, 7) is 2.28. The summed E-state index contributed by atoms with van der Waals surface area (Å²) in [6, 6.07) is 0.956. The summed E-state index contributed by atoms with van der Waals surface area (Å²) >= 11 is 1.49. The lowest BCUT2D eigenvalue weighted by atomic mass is 10.2. The fourth-order valence-electron chi connectivity index (χ4n) is 1.67. The van der Waals surface area contributed by atoms with Gasteiger partial charge in [0.15, 0.2) is 0 Å². The van der Waals surface area contributed by atoms with E-state index in [0.29, 0.717) is 12.1 Å². The molecule has 1 N–H and O–H groups in total. The second kappa shape index (κ2) is 4.09. The number of thiophene rings is 1. The zero-order valence-corrected chi connectivity index (χ0v) is 9.53. The predicted molar refractivity (Wildman–Crippen MR) is 60.7 cm³/mol. The Morgan fingerprint density at radius 3 is 2.88 bits per heavy atom. The van der Waals surface area contributed by atoms with E-state index in [1.54, 1.807) is 23.6 Å². The lowest BCUT2D eigenvalue weighted by Gasteiger charge is -2.20. The highest BCUT2D eigenvalue weighted by molar-refractivity contribution is 7.10. The Hall–Kier alpha value is -1.62. The zero-order valence-electron chi connectivity index (χ0n) is 8.71. The van der Waals surface area contributed by atoms with E-state index in [4.69, 9.17) is 5.11 Å². The molecule has 1 aliphatic rings. The van der Waals surface area contributed by atoms with Crippen LogP contribution >= 0.6 is 11.3 Å². The molecule has 0 bridgehead atoms. The van der Waals surface area contributed by atoms with Gasteiger partial charge in [0.2, 0.25) is 0 Å². The average Bonchev–Trinajstić information content (AvgIpc) is 2.84. The molecule has 84 valence electrons. The summed E-state index contributed by atoms with van der Waals surface area (Å²) in [5, 5.41) is 10.7. The number of amides is 1. The van der Waals surface area contributed by atoms with E-state index >= 15 is 0 Å². The van der Waals surface area contributed by atoms with Crippen molar-refractivity contribution in [3.63, 3.8) is 0 Å². The second-order valence-electron chi connectivity index (χ2n) is 3.61. The van der Waals surface area contributed by atoms with Gasteiger partial charge >= 0.3 is 5.97 Å². The van der Waals surface area contributed by atoms with Crippen molar-refractivity contribution in [2.24, 2.45) is 0 Å². The minimum absolute atomic E-state index is 0.221. The quantitative estimate of drug-likeness (QED) is 0.793. The lowest BCUT2D eigenvalue weighted by Crippen LogP contribution is -2.40. The number of rotatable bonds is 2. The highest BCUT2D eigenvalue weighted by Crippen LogP contribution is 2.19.